The van der Waals surface area contributed by atoms with Crippen LogP contribution in [0.1, 0.15) is 18.4 Å². The Morgan fingerprint density at radius 3 is 2.57 bits per heavy atom. The van der Waals surface area contributed by atoms with E-state index in [-0.39, 0.29) is 6.04 Å². The highest BCUT2D eigenvalue weighted by molar-refractivity contribution is 7.99. The molecule has 1 aromatic rings. The predicted molar refractivity (Wildman–Crippen MR) is 94.7 cm³/mol. The number of quaternary nitrogens is 1. The molecule has 0 aliphatic carbocycles. The normalized spacial score (nSPS) is 26.0. The number of amides is 1. The third kappa shape index (κ3) is 3.66. The van der Waals surface area contributed by atoms with Gasteiger partial charge >= 0.3 is 0 Å². The molecule has 0 unspecified atom stereocenters. The quantitative estimate of drug-likeness (QED) is 0.774. The van der Waals surface area contributed by atoms with E-state index in [0.717, 1.165) is 42.0 Å². The lowest BCUT2D eigenvalue weighted by Crippen LogP contribution is -2.56. The Kier molecular flexibility index (Phi) is 4.87. The van der Waals surface area contributed by atoms with Gasteiger partial charge in [-0.2, -0.15) is 0 Å². The zero-order chi connectivity index (χ0) is 16.4. The van der Waals surface area contributed by atoms with E-state index in [2.05, 4.69) is 26.2 Å². The standard InChI is InChI=1S/C18H27N2O2S/c1-20(2)12-16(11-17(20)18(21)19-9-4-10-19)23-13-14-5-7-15(22-3)8-6-14/h5-8,16-17H,4,9-13H2,1-3H3/q+1/t16-,17-/m0/s1. The zero-order valence-corrected chi connectivity index (χ0v) is 15.1. The lowest BCUT2D eigenvalue weighted by Gasteiger charge is -2.37. The van der Waals surface area contributed by atoms with Crippen molar-refractivity contribution in [2.24, 2.45) is 0 Å². The summed E-state index contributed by atoms with van der Waals surface area (Å²) in [5.74, 6) is 2.27. The van der Waals surface area contributed by atoms with E-state index in [0.29, 0.717) is 11.2 Å². The molecule has 23 heavy (non-hydrogen) atoms. The van der Waals surface area contributed by atoms with Crippen molar-refractivity contribution in [3.63, 3.8) is 0 Å². The van der Waals surface area contributed by atoms with Gasteiger partial charge in [0.05, 0.1) is 33.0 Å². The van der Waals surface area contributed by atoms with Gasteiger partial charge in [-0.15, -0.1) is 11.8 Å². The summed E-state index contributed by atoms with van der Waals surface area (Å²) in [5.41, 5.74) is 1.32. The van der Waals surface area contributed by atoms with Crippen molar-refractivity contribution in [1.29, 1.82) is 0 Å². The van der Waals surface area contributed by atoms with Crippen LogP contribution in [0.25, 0.3) is 0 Å². The minimum atomic E-state index is 0.142. The first-order valence-corrected chi connectivity index (χ1v) is 9.40. The summed E-state index contributed by atoms with van der Waals surface area (Å²) in [7, 11) is 6.10. The monoisotopic (exact) mass is 335 g/mol. The maximum absolute atomic E-state index is 12.6. The van der Waals surface area contributed by atoms with Crippen LogP contribution in [0.5, 0.6) is 5.75 Å². The van der Waals surface area contributed by atoms with Crippen molar-refractivity contribution in [3.05, 3.63) is 29.8 Å². The number of hydrogen-bond donors (Lipinski definition) is 0. The third-order valence-corrected chi connectivity index (χ3v) is 6.41. The van der Waals surface area contributed by atoms with Gasteiger partial charge in [0.15, 0.2) is 6.04 Å². The molecule has 3 rings (SSSR count). The molecule has 2 fully saturated rings. The highest BCUT2D eigenvalue weighted by Gasteiger charge is 2.47. The van der Waals surface area contributed by atoms with E-state index >= 15 is 0 Å². The molecular formula is C18H27N2O2S+. The number of carbonyl (C=O) groups is 1. The van der Waals surface area contributed by atoms with Crippen LogP contribution < -0.4 is 4.74 Å². The average molecular weight is 335 g/mol. The molecule has 2 saturated heterocycles. The Hall–Kier alpha value is -1.20. The second-order valence-electron chi connectivity index (χ2n) is 7.17. The first-order valence-electron chi connectivity index (χ1n) is 8.35. The minimum Gasteiger partial charge on any atom is -0.497 e. The molecule has 0 N–H and O–H groups in total. The van der Waals surface area contributed by atoms with E-state index in [4.69, 9.17) is 4.74 Å². The number of carbonyl (C=O) groups excluding carboxylic acids is 1. The Morgan fingerprint density at radius 1 is 1.30 bits per heavy atom. The molecule has 0 aromatic heterocycles. The van der Waals surface area contributed by atoms with Crippen molar-refractivity contribution in [2.75, 3.05) is 40.8 Å². The van der Waals surface area contributed by atoms with Crippen LogP contribution in [-0.2, 0) is 10.5 Å². The number of hydrogen-bond acceptors (Lipinski definition) is 3. The Labute approximate surface area is 143 Å². The number of methoxy groups -OCH3 is 1. The van der Waals surface area contributed by atoms with E-state index in [1.807, 2.05) is 28.8 Å². The molecule has 2 atom stereocenters. The van der Waals surface area contributed by atoms with Gasteiger partial charge in [0, 0.05) is 25.3 Å². The Morgan fingerprint density at radius 2 is 2.00 bits per heavy atom. The molecule has 4 nitrogen and oxygen atoms in total. The van der Waals surface area contributed by atoms with Crippen LogP contribution >= 0.6 is 11.8 Å². The number of ether oxygens (including phenoxy) is 1. The summed E-state index contributed by atoms with van der Waals surface area (Å²) in [4.78, 5) is 14.6. The average Bonchev–Trinajstić information content (AvgIpc) is 2.78. The first-order chi connectivity index (χ1) is 11.0. The van der Waals surface area contributed by atoms with Gasteiger partial charge in [0.25, 0.3) is 5.91 Å². The smallest absolute Gasteiger partial charge is 0.280 e. The largest absolute Gasteiger partial charge is 0.497 e. The van der Waals surface area contributed by atoms with Crippen LogP contribution in [0.4, 0.5) is 0 Å². The number of rotatable bonds is 5. The lowest BCUT2D eigenvalue weighted by molar-refractivity contribution is -0.893. The molecule has 0 bridgehead atoms. The van der Waals surface area contributed by atoms with Crippen LogP contribution in [0, 0.1) is 0 Å². The fraction of sp³-hybridized carbons (Fsp3) is 0.611. The SMILES string of the molecule is COc1ccc(CS[C@H]2C[C@@H](C(=O)N3CCC3)[N+](C)(C)C2)cc1. The summed E-state index contributed by atoms with van der Waals surface area (Å²) in [6.45, 7) is 2.99. The highest BCUT2D eigenvalue weighted by Crippen LogP contribution is 2.34. The lowest BCUT2D eigenvalue weighted by atomic mass is 10.1. The zero-order valence-electron chi connectivity index (χ0n) is 14.3. The van der Waals surface area contributed by atoms with Gasteiger partial charge in [-0.25, -0.2) is 0 Å². The fourth-order valence-electron chi connectivity index (χ4n) is 3.46. The van der Waals surface area contributed by atoms with Crippen molar-refractivity contribution in [1.82, 2.24) is 4.90 Å². The van der Waals surface area contributed by atoms with Crippen LogP contribution in [-0.4, -0.2) is 67.4 Å². The summed E-state index contributed by atoms with van der Waals surface area (Å²) in [6.07, 6.45) is 2.17. The number of likely N-dealkylation sites (N-methyl/N-ethyl adjacent to an activating group) is 1. The minimum absolute atomic E-state index is 0.142. The molecule has 1 amide bonds. The number of likely N-dealkylation sites (tertiary alicyclic amines) is 2. The van der Waals surface area contributed by atoms with E-state index in [1.54, 1.807) is 7.11 Å². The van der Waals surface area contributed by atoms with Crippen molar-refractivity contribution in [2.45, 2.75) is 29.9 Å². The van der Waals surface area contributed by atoms with Gasteiger partial charge in [-0.05, 0) is 24.1 Å². The molecule has 2 aliphatic heterocycles. The maximum Gasteiger partial charge on any atom is 0.280 e. The number of nitrogens with zero attached hydrogens (tertiary/aromatic N) is 2. The summed E-state index contributed by atoms with van der Waals surface area (Å²) >= 11 is 1.98. The molecule has 2 aliphatic rings. The summed E-state index contributed by atoms with van der Waals surface area (Å²) in [5, 5.41) is 0.558. The maximum atomic E-state index is 12.6. The molecule has 2 heterocycles. The molecule has 0 spiro atoms. The molecule has 0 saturated carbocycles. The second kappa shape index (κ2) is 6.73. The van der Waals surface area contributed by atoms with E-state index in [1.165, 1.54) is 12.0 Å². The predicted octanol–water partition coefficient (Wildman–Crippen LogP) is 2.38. The highest BCUT2D eigenvalue weighted by atomic mass is 32.2. The van der Waals surface area contributed by atoms with Gasteiger partial charge in [0.1, 0.15) is 5.75 Å². The molecule has 1 aromatic carbocycles. The molecule has 126 valence electrons. The second-order valence-corrected chi connectivity index (χ2v) is 8.46. The Bertz CT molecular complexity index is 555. The van der Waals surface area contributed by atoms with Gasteiger partial charge in [0.2, 0.25) is 0 Å². The summed E-state index contributed by atoms with van der Waals surface area (Å²) in [6, 6.07) is 8.43. The van der Waals surface area contributed by atoms with E-state index < -0.39 is 0 Å². The number of thioether (sulfide) groups is 1. The Balaban J connectivity index is 1.55. The van der Waals surface area contributed by atoms with E-state index in [9.17, 15) is 4.79 Å². The van der Waals surface area contributed by atoms with Gasteiger partial charge < -0.3 is 14.1 Å². The van der Waals surface area contributed by atoms with Crippen molar-refractivity contribution in [3.8, 4) is 5.75 Å². The van der Waals surface area contributed by atoms with Crippen LogP contribution in [0.15, 0.2) is 24.3 Å². The van der Waals surface area contributed by atoms with Gasteiger partial charge in [-0.1, -0.05) is 12.1 Å². The molecule has 0 radical (unpaired) electrons. The van der Waals surface area contributed by atoms with Crippen LogP contribution in [0.2, 0.25) is 0 Å². The molecular weight excluding hydrogens is 308 g/mol. The third-order valence-electron chi connectivity index (χ3n) is 5.10. The van der Waals surface area contributed by atoms with Crippen LogP contribution in [0.3, 0.4) is 0 Å². The topological polar surface area (TPSA) is 29.5 Å². The summed E-state index contributed by atoms with van der Waals surface area (Å²) < 4.78 is 6.03. The molecule has 5 heteroatoms. The van der Waals surface area contributed by atoms with Crippen molar-refractivity contribution < 1.29 is 14.0 Å². The van der Waals surface area contributed by atoms with Crippen molar-refractivity contribution >= 4 is 17.7 Å². The first kappa shape index (κ1) is 16.7. The van der Waals surface area contributed by atoms with Gasteiger partial charge in [-0.3, -0.25) is 4.79 Å². The fourth-order valence-corrected chi connectivity index (χ4v) is 4.89. The number of benzene rings is 1.